The number of nitrogens with zero attached hydrogens (tertiary/aromatic N) is 1. The minimum absolute atomic E-state index is 0.819. The Morgan fingerprint density at radius 3 is 2.65 bits per heavy atom. The number of hydrogen-bond acceptors (Lipinski definition) is 1. The second-order valence-corrected chi connectivity index (χ2v) is 5.57. The van der Waals surface area contributed by atoms with Gasteiger partial charge in [0.2, 0.25) is 0 Å². The predicted octanol–water partition coefficient (Wildman–Crippen LogP) is 3.30. The Morgan fingerprint density at radius 2 is 2.06 bits per heavy atom. The smallest absolute Gasteiger partial charge is 0.313 e. The van der Waals surface area contributed by atoms with Crippen molar-refractivity contribution in [3.05, 3.63) is 34.4 Å². The number of rotatable bonds is 2. The van der Waals surface area contributed by atoms with Crippen LogP contribution in [0.3, 0.4) is 0 Å². The van der Waals surface area contributed by atoms with E-state index >= 15 is 0 Å². The van der Waals surface area contributed by atoms with E-state index in [0.29, 0.717) is 0 Å². The molecule has 2 rings (SSSR count). The zero-order valence-corrected chi connectivity index (χ0v) is 11.6. The first-order chi connectivity index (χ1) is 7.85. The molecule has 3 nitrogen and oxygen atoms in total. The number of carboxylic acids is 1. The van der Waals surface area contributed by atoms with E-state index in [2.05, 4.69) is 15.9 Å². The van der Waals surface area contributed by atoms with E-state index in [9.17, 15) is 9.90 Å². The van der Waals surface area contributed by atoms with Crippen molar-refractivity contribution in [1.29, 1.82) is 0 Å². The van der Waals surface area contributed by atoms with Crippen molar-refractivity contribution in [2.45, 2.75) is 19.3 Å². The van der Waals surface area contributed by atoms with Gasteiger partial charge in [0.15, 0.2) is 0 Å². The van der Waals surface area contributed by atoms with Crippen LogP contribution in [0.15, 0.2) is 28.9 Å². The molecule has 0 unspecified atom stereocenters. The Labute approximate surface area is 108 Å². The maximum absolute atomic E-state index is 11.4. The minimum atomic E-state index is -0.899. The molecule has 0 aliphatic heterocycles. The van der Waals surface area contributed by atoms with Crippen molar-refractivity contribution in [3.63, 3.8) is 0 Å². The summed E-state index contributed by atoms with van der Waals surface area (Å²) in [6, 6.07) is 5.87. The molecule has 1 N–H and O–H groups in total. The summed E-state index contributed by atoms with van der Waals surface area (Å²) in [4.78, 5) is 11.4. The van der Waals surface area contributed by atoms with Gasteiger partial charge in [-0.05, 0) is 31.5 Å². The predicted molar refractivity (Wildman–Crippen MR) is 71.3 cm³/mol. The highest BCUT2D eigenvalue weighted by Gasteiger charge is 2.33. The van der Waals surface area contributed by atoms with Gasteiger partial charge >= 0.3 is 5.97 Å². The standard InChI is InChI=1S/C13H14BrNO2/c1-13(2,12(16)17)8-7-15(3)10-6-4-5-9(14)11(8)10/h4-7H,1-3H3,(H,16,17). The summed E-state index contributed by atoms with van der Waals surface area (Å²) < 4.78 is 2.89. The van der Waals surface area contributed by atoms with E-state index in [4.69, 9.17) is 0 Å². The summed E-state index contributed by atoms with van der Waals surface area (Å²) in [6.45, 7) is 3.45. The van der Waals surface area contributed by atoms with E-state index < -0.39 is 11.4 Å². The van der Waals surface area contributed by atoms with Gasteiger partial charge in [0, 0.05) is 28.6 Å². The molecule has 0 aliphatic carbocycles. The average molecular weight is 296 g/mol. The van der Waals surface area contributed by atoms with Gasteiger partial charge in [-0.1, -0.05) is 22.0 Å². The van der Waals surface area contributed by atoms with Gasteiger partial charge in [0.25, 0.3) is 0 Å². The van der Waals surface area contributed by atoms with Crippen LogP contribution in [0.25, 0.3) is 10.9 Å². The van der Waals surface area contributed by atoms with Gasteiger partial charge in [-0.25, -0.2) is 0 Å². The lowest BCUT2D eigenvalue weighted by molar-refractivity contribution is -0.142. The Morgan fingerprint density at radius 1 is 1.41 bits per heavy atom. The quantitative estimate of drug-likeness (QED) is 0.924. The molecule has 4 heteroatoms. The SMILES string of the molecule is Cn1cc(C(C)(C)C(=O)O)c2c(Br)cccc21. The molecule has 0 bridgehead atoms. The summed E-state index contributed by atoms with van der Waals surface area (Å²) in [5.41, 5.74) is 0.960. The summed E-state index contributed by atoms with van der Waals surface area (Å²) in [7, 11) is 1.93. The third-order valence-electron chi connectivity index (χ3n) is 3.17. The monoisotopic (exact) mass is 295 g/mol. The molecule has 0 atom stereocenters. The van der Waals surface area contributed by atoms with Crippen LogP contribution < -0.4 is 0 Å². The lowest BCUT2D eigenvalue weighted by Gasteiger charge is -2.18. The van der Waals surface area contributed by atoms with E-state index in [1.165, 1.54) is 0 Å². The Kier molecular flexibility index (Phi) is 2.78. The highest BCUT2D eigenvalue weighted by molar-refractivity contribution is 9.10. The molecular formula is C13H14BrNO2. The van der Waals surface area contributed by atoms with E-state index in [1.54, 1.807) is 13.8 Å². The van der Waals surface area contributed by atoms with Crippen molar-refractivity contribution in [1.82, 2.24) is 4.57 Å². The highest BCUT2D eigenvalue weighted by atomic mass is 79.9. The molecule has 90 valence electrons. The second kappa shape index (κ2) is 3.88. The van der Waals surface area contributed by atoms with Crippen molar-refractivity contribution in [3.8, 4) is 0 Å². The second-order valence-electron chi connectivity index (χ2n) is 4.72. The molecule has 0 spiro atoms. The summed E-state index contributed by atoms with van der Waals surface area (Å²) in [5.74, 6) is -0.819. The third-order valence-corrected chi connectivity index (χ3v) is 3.83. The van der Waals surface area contributed by atoms with E-state index in [1.807, 2.05) is 36.0 Å². The van der Waals surface area contributed by atoms with Crippen LogP contribution in [0.4, 0.5) is 0 Å². The molecule has 0 aliphatic rings. The molecule has 0 radical (unpaired) electrons. The number of fused-ring (bicyclic) bond motifs is 1. The maximum Gasteiger partial charge on any atom is 0.313 e. The number of carboxylic acid groups (broad SMARTS) is 1. The molecule has 0 saturated carbocycles. The van der Waals surface area contributed by atoms with Crippen molar-refractivity contribution in [2.24, 2.45) is 7.05 Å². The normalized spacial score (nSPS) is 12.0. The topological polar surface area (TPSA) is 42.2 Å². The Bertz CT molecular complexity index is 599. The van der Waals surface area contributed by atoms with Gasteiger partial charge in [0.1, 0.15) is 0 Å². The van der Waals surface area contributed by atoms with Gasteiger partial charge in [-0.15, -0.1) is 0 Å². The number of aryl methyl sites for hydroxylation is 1. The first-order valence-electron chi connectivity index (χ1n) is 5.33. The zero-order chi connectivity index (χ0) is 12.8. The molecule has 2 aromatic rings. The molecule has 0 fully saturated rings. The fraction of sp³-hybridized carbons (Fsp3) is 0.308. The van der Waals surface area contributed by atoms with Crippen LogP contribution in [-0.4, -0.2) is 15.6 Å². The number of aromatic nitrogens is 1. The maximum atomic E-state index is 11.4. The van der Waals surface area contributed by atoms with Gasteiger partial charge < -0.3 is 9.67 Å². The van der Waals surface area contributed by atoms with Gasteiger partial charge in [-0.3, -0.25) is 4.79 Å². The van der Waals surface area contributed by atoms with Crippen molar-refractivity contribution >= 4 is 32.8 Å². The van der Waals surface area contributed by atoms with Crippen LogP contribution in [0.1, 0.15) is 19.4 Å². The van der Waals surface area contributed by atoms with Gasteiger partial charge in [0.05, 0.1) is 5.41 Å². The lowest BCUT2D eigenvalue weighted by atomic mass is 9.85. The van der Waals surface area contributed by atoms with Crippen LogP contribution >= 0.6 is 15.9 Å². The molecular weight excluding hydrogens is 282 g/mol. The molecule has 0 saturated heterocycles. The van der Waals surface area contributed by atoms with E-state index in [0.717, 1.165) is 20.9 Å². The number of halogens is 1. The fourth-order valence-corrected chi connectivity index (χ4v) is 2.56. The zero-order valence-electron chi connectivity index (χ0n) is 9.99. The van der Waals surface area contributed by atoms with Crippen LogP contribution in [-0.2, 0) is 17.3 Å². The minimum Gasteiger partial charge on any atom is -0.481 e. The van der Waals surface area contributed by atoms with Crippen LogP contribution in [0.2, 0.25) is 0 Å². The Balaban J connectivity index is 2.84. The first kappa shape index (κ1) is 12.2. The number of carbonyl (C=O) groups is 1. The lowest BCUT2D eigenvalue weighted by Crippen LogP contribution is -2.28. The average Bonchev–Trinajstić information content (AvgIpc) is 2.58. The summed E-state index contributed by atoms with van der Waals surface area (Å²) >= 11 is 3.50. The number of aliphatic carboxylic acids is 1. The molecule has 1 heterocycles. The highest BCUT2D eigenvalue weighted by Crippen LogP contribution is 2.36. The largest absolute Gasteiger partial charge is 0.481 e. The fourth-order valence-electron chi connectivity index (χ4n) is 1.99. The molecule has 17 heavy (non-hydrogen) atoms. The van der Waals surface area contributed by atoms with E-state index in [-0.39, 0.29) is 0 Å². The van der Waals surface area contributed by atoms with Crippen molar-refractivity contribution < 1.29 is 9.90 Å². The van der Waals surface area contributed by atoms with Crippen LogP contribution in [0, 0.1) is 0 Å². The van der Waals surface area contributed by atoms with Crippen LogP contribution in [0.5, 0.6) is 0 Å². The first-order valence-corrected chi connectivity index (χ1v) is 6.12. The molecule has 1 aromatic carbocycles. The third kappa shape index (κ3) is 1.76. The number of hydrogen-bond donors (Lipinski definition) is 1. The number of benzene rings is 1. The summed E-state index contributed by atoms with van der Waals surface area (Å²) in [6.07, 6.45) is 1.89. The Hall–Kier alpha value is -1.29. The van der Waals surface area contributed by atoms with Crippen molar-refractivity contribution in [2.75, 3.05) is 0 Å². The molecule has 0 amide bonds. The molecule has 1 aromatic heterocycles. The van der Waals surface area contributed by atoms with Gasteiger partial charge in [-0.2, -0.15) is 0 Å². The summed E-state index contributed by atoms with van der Waals surface area (Å²) in [5, 5.41) is 10.3.